The lowest BCUT2D eigenvalue weighted by Gasteiger charge is -2.25. The molecule has 3 aromatic rings. The van der Waals surface area contributed by atoms with Crippen LogP contribution >= 0.6 is 19.5 Å². The number of hydrogen-bond donors (Lipinski definition) is 3. The van der Waals surface area contributed by atoms with Crippen molar-refractivity contribution in [1.82, 2.24) is 19.6 Å². The fraction of sp³-hybridized carbons (Fsp3) is 0.481. The molecule has 0 spiro atoms. The summed E-state index contributed by atoms with van der Waals surface area (Å²) in [5.41, 5.74) is 4.29. The average molecular weight is 642 g/mol. The van der Waals surface area contributed by atoms with Gasteiger partial charge in [0.25, 0.3) is 0 Å². The van der Waals surface area contributed by atoms with Gasteiger partial charge in [0, 0.05) is 5.39 Å². The molecule has 1 aliphatic heterocycles. The minimum Gasteiger partial charge on any atom is -0.464 e. The summed E-state index contributed by atoms with van der Waals surface area (Å²) in [5, 5.41) is 11.2. The number of halogens is 2. The zero-order valence-electron chi connectivity index (χ0n) is 23.8. The van der Waals surface area contributed by atoms with Gasteiger partial charge in [-0.1, -0.05) is 63.1 Å². The maximum Gasteiger partial charge on any atom is 0.459 e. The average Bonchev–Trinajstić information content (AvgIpc) is 3.20. The molecule has 43 heavy (non-hydrogen) atoms. The van der Waals surface area contributed by atoms with Crippen LogP contribution in [0.1, 0.15) is 39.0 Å². The molecule has 16 heteroatoms. The highest BCUT2D eigenvalue weighted by Gasteiger charge is 2.59. The summed E-state index contributed by atoms with van der Waals surface area (Å²) in [6, 6.07) is 11.0. The second-order valence-corrected chi connectivity index (χ2v) is 13.1. The molecule has 1 saturated heterocycles. The quantitative estimate of drug-likeness (QED) is 0.180. The van der Waals surface area contributed by atoms with Gasteiger partial charge in [0.1, 0.15) is 24.2 Å². The SMILES string of the molecule is CCC(CC)COC(=O)[C@H](C)NP(=O)(OC[C@H]1S[C@@H](n2cnc(N)nc2=O)C(F)(F)C1O)Oc1cccc2ccccc12. The highest BCUT2D eigenvalue weighted by Crippen LogP contribution is 2.54. The Morgan fingerprint density at radius 3 is 2.63 bits per heavy atom. The lowest BCUT2D eigenvalue weighted by atomic mass is 10.1. The van der Waals surface area contributed by atoms with E-state index >= 15 is 8.78 Å². The Morgan fingerprint density at radius 2 is 1.93 bits per heavy atom. The molecular weight excluding hydrogens is 607 g/mol. The molecule has 5 atom stereocenters. The Labute approximate surface area is 250 Å². The first-order valence-corrected chi connectivity index (χ1v) is 16.1. The van der Waals surface area contributed by atoms with Crippen LogP contribution in [-0.2, 0) is 18.6 Å². The maximum absolute atomic E-state index is 15.1. The number of benzene rings is 2. The number of nitrogens with one attached hydrogen (secondary N) is 1. The first-order chi connectivity index (χ1) is 20.4. The van der Waals surface area contributed by atoms with Gasteiger partial charge in [0.05, 0.1) is 18.5 Å². The normalized spacial score (nSPS) is 21.9. The van der Waals surface area contributed by atoms with Crippen molar-refractivity contribution in [2.45, 2.75) is 62.3 Å². The molecular formula is C27H34F2N5O7PS. The van der Waals surface area contributed by atoms with E-state index in [0.717, 1.165) is 24.6 Å². The third-order valence-corrected chi connectivity index (χ3v) is 10.2. The first-order valence-electron chi connectivity index (χ1n) is 13.7. The van der Waals surface area contributed by atoms with Crippen molar-refractivity contribution in [3.63, 3.8) is 0 Å². The Morgan fingerprint density at radius 1 is 1.23 bits per heavy atom. The second-order valence-electron chi connectivity index (χ2n) is 10.1. The molecule has 234 valence electrons. The van der Waals surface area contributed by atoms with Crippen LogP contribution < -0.4 is 21.0 Å². The zero-order chi connectivity index (χ0) is 31.4. The van der Waals surface area contributed by atoms with Gasteiger partial charge in [-0.05, 0) is 24.3 Å². The van der Waals surface area contributed by atoms with E-state index in [1.807, 2.05) is 32.0 Å². The van der Waals surface area contributed by atoms with Crippen molar-refractivity contribution in [2.75, 3.05) is 18.9 Å². The summed E-state index contributed by atoms with van der Waals surface area (Å²) in [6.45, 7) is 4.83. The topological polar surface area (TPSA) is 168 Å². The summed E-state index contributed by atoms with van der Waals surface area (Å²) >= 11 is 0.511. The van der Waals surface area contributed by atoms with Crippen molar-refractivity contribution in [3.05, 3.63) is 59.3 Å². The summed E-state index contributed by atoms with van der Waals surface area (Å²) in [4.78, 5) is 32.0. The number of nitrogens with zero attached hydrogens (tertiary/aromatic N) is 3. The number of aromatic nitrogens is 3. The molecule has 1 fully saturated rings. The Kier molecular flexibility index (Phi) is 10.4. The van der Waals surface area contributed by atoms with Gasteiger partial charge in [-0.25, -0.2) is 23.1 Å². The molecule has 4 rings (SSSR count). The first kappa shape index (κ1) is 32.8. The number of aliphatic hydroxyl groups excluding tert-OH is 1. The number of thioether (sulfide) groups is 1. The van der Waals surface area contributed by atoms with E-state index in [0.29, 0.717) is 21.7 Å². The second kappa shape index (κ2) is 13.7. The van der Waals surface area contributed by atoms with Crippen LogP contribution in [0.15, 0.2) is 53.6 Å². The summed E-state index contributed by atoms with van der Waals surface area (Å²) in [5.74, 6) is -4.61. The number of carbonyl (C=O) groups excluding carboxylic acids is 1. The van der Waals surface area contributed by atoms with Crippen molar-refractivity contribution in [1.29, 1.82) is 0 Å². The van der Waals surface area contributed by atoms with Gasteiger partial charge in [0.15, 0.2) is 5.37 Å². The van der Waals surface area contributed by atoms with Crippen LogP contribution in [0.5, 0.6) is 5.75 Å². The van der Waals surface area contributed by atoms with Crippen molar-refractivity contribution in [2.24, 2.45) is 5.92 Å². The van der Waals surface area contributed by atoms with Gasteiger partial charge in [0.2, 0.25) is 5.95 Å². The van der Waals surface area contributed by atoms with Crippen LogP contribution in [0.25, 0.3) is 10.8 Å². The number of fused-ring (bicyclic) bond motifs is 1. The number of ether oxygens (including phenoxy) is 1. The smallest absolute Gasteiger partial charge is 0.459 e. The lowest BCUT2D eigenvalue weighted by Crippen LogP contribution is -2.42. The predicted molar refractivity (Wildman–Crippen MR) is 158 cm³/mol. The van der Waals surface area contributed by atoms with Gasteiger partial charge in [-0.3, -0.25) is 13.9 Å². The standard InChI is InChI=1S/C27H34F2N5O7PS/c1-4-17(5-2)13-39-23(36)16(3)33-42(38,41-20-12-8-10-18-9-6-7-11-19(18)20)40-14-21-22(35)27(28,29)24(43-21)34-15-31-25(30)32-26(34)37/h6-12,15-17,21-22,24,35H,4-5,13-14H2,1-3H3,(H,33,38)(H2,30,32,37)/t16-,21+,22?,24+,42?/m0/s1. The number of esters is 1. The van der Waals surface area contributed by atoms with Crippen LogP contribution in [0, 0.1) is 5.92 Å². The number of aliphatic hydroxyl groups is 1. The summed E-state index contributed by atoms with van der Waals surface area (Å²) < 4.78 is 61.8. The van der Waals surface area contributed by atoms with E-state index in [9.17, 15) is 19.3 Å². The molecule has 2 heterocycles. The Bertz CT molecular complexity index is 1540. The molecule has 0 saturated carbocycles. The van der Waals surface area contributed by atoms with Crippen molar-refractivity contribution < 1.29 is 37.0 Å². The van der Waals surface area contributed by atoms with E-state index in [-0.39, 0.29) is 18.3 Å². The molecule has 0 radical (unpaired) electrons. The Hall–Kier alpha value is -3.10. The van der Waals surface area contributed by atoms with Crippen molar-refractivity contribution in [3.8, 4) is 5.75 Å². The number of anilines is 1. The van der Waals surface area contributed by atoms with E-state index in [1.165, 1.54) is 6.92 Å². The van der Waals surface area contributed by atoms with Crippen molar-refractivity contribution >= 4 is 42.2 Å². The monoisotopic (exact) mass is 641 g/mol. The summed E-state index contributed by atoms with van der Waals surface area (Å²) in [6.07, 6.45) is 0.121. The van der Waals surface area contributed by atoms with Gasteiger partial charge in [-0.15, -0.1) is 11.8 Å². The van der Waals surface area contributed by atoms with Gasteiger partial charge < -0.3 is 20.1 Å². The summed E-state index contributed by atoms with van der Waals surface area (Å²) in [7, 11) is -4.48. The number of rotatable bonds is 13. The van der Waals surface area contributed by atoms with Crippen LogP contribution in [0.2, 0.25) is 0 Å². The molecule has 4 N–H and O–H groups in total. The van der Waals surface area contributed by atoms with Crippen LogP contribution in [0.3, 0.4) is 0 Å². The van der Waals surface area contributed by atoms with Crippen LogP contribution in [-0.4, -0.2) is 62.1 Å². The fourth-order valence-electron chi connectivity index (χ4n) is 4.43. The number of alkyl halides is 2. The number of nitrogens with two attached hydrogens (primary N) is 1. The van der Waals surface area contributed by atoms with Gasteiger partial charge in [-0.2, -0.15) is 10.1 Å². The number of carbonyl (C=O) groups is 1. The van der Waals surface area contributed by atoms with E-state index in [1.54, 1.807) is 24.3 Å². The van der Waals surface area contributed by atoms with Gasteiger partial charge >= 0.3 is 25.3 Å². The van der Waals surface area contributed by atoms with E-state index in [2.05, 4.69) is 15.1 Å². The third kappa shape index (κ3) is 7.52. The lowest BCUT2D eigenvalue weighted by molar-refractivity contribution is -0.146. The molecule has 0 aliphatic carbocycles. The molecule has 1 aliphatic rings. The molecule has 2 unspecified atom stereocenters. The van der Waals surface area contributed by atoms with E-state index in [4.69, 9.17) is 19.5 Å². The molecule has 0 bridgehead atoms. The number of hydrogen-bond acceptors (Lipinski definition) is 11. The zero-order valence-corrected chi connectivity index (χ0v) is 25.5. The maximum atomic E-state index is 15.1. The number of nitrogen functional groups attached to an aromatic ring is 1. The highest BCUT2D eigenvalue weighted by molar-refractivity contribution is 8.00. The largest absolute Gasteiger partial charge is 0.464 e. The van der Waals surface area contributed by atoms with Crippen LogP contribution in [0.4, 0.5) is 14.7 Å². The minimum atomic E-state index is -4.48. The highest BCUT2D eigenvalue weighted by atomic mass is 32.2. The predicted octanol–water partition coefficient (Wildman–Crippen LogP) is 4.15. The molecule has 2 aromatic carbocycles. The fourth-order valence-corrected chi connectivity index (χ4v) is 7.47. The minimum absolute atomic E-state index is 0.153. The van der Waals surface area contributed by atoms with E-state index < -0.39 is 60.7 Å². The Balaban J connectivity index is 1.56. The molecule has 1 aromatic heterocycles. The molecule has 12 nitrogen and oxygen atoms in total. The third-order valence-electron chi connectivity index (χ3n) is 7.08. The molecule has 0 amide bonds.